The molecule has 1 aromatic heterocycles. The van der Waals surface area contributed by atoms with Crippen LogP contribution >= 0.6 is 0 Å². The predicted octanol–water partition coefficient (Wildman–Crippen LogP) is 2.37. The number of carboxylic acid groups (broad SMARTS) is 1. The number of para-hydroxylation sites is 2. The third-order valence-electron chi connectivity index (χ3n) is 3.06. The van der Waals surface area contributed by atoms with Gasteiger partial charge in [-0.2, -0.15) is 4.57 Å². The van der Waals surface area contributed by atoms with E-state index in [1.165, 1.54) is 0 Å². The Morgan fingerprint density at radius 2 is 1.44 bits per heavy atom. The maximum Gasteiger partial charge on any atom is 0.370 e. The molecule has 0 spiro atoms. The van der Waals surface area contributed by atoms with Gasteiger partial charge in [-0.15, -0.1) is 0 Å². The summed E-state index contributed by atoms with van der Waals surface area (Å²) in [5, 5.41) is 11.2. The minimum absolute atomic E-state index is 0.0259. The van der Waals surface area contributed by atoms with Crippen molar-refractivity contribution in [3.63, 3.8) is 0 Å². The smallest absolute Gasteiger partial charge is 0.370 e. The second-order valence-corrected chi connectivity index (χ2v) is 4.24. The largest absolute Gasteiger partial charge is 0.477 e. The molecule has 0 saturated carbocycles. The Morgan fingerprint density at radius 3 is 1.94 bits per heavy atom. The van der Waals surface area contributed by atoms with E-state index in [0.29, 0.717) is 0 Å². The monoisotopic (exact) mass is 238 g/mol. The number of hydrogen-bond donors (Lipinski definition) is 1. The molecule has 1 heterocycles. The van der Waals surface area contributed by atoms with Crippen molar-refractivity contribution >= 4 is 27.8 Å². The first-order valence-electron chi connectivity index (χ1n) is 5.78. The molecule has 0 unspecified atom stereocenters. The topological polar surface area (TPSA) is 41.2 Å². The molecule has 3 heteroatoms. The number of benzene rings is 2. The van der Waals surface area contributed by atoms with Gasteiger partial charge >= 0.3 is 5.97 Å². The third kappa shape index (κ3) is 1.70. The lowest BCUT2D eigenvalue weighted by Crippen LogP contribution is -2.39. The zero-order valence-corrected chi connectivity index (χ0v) is 9.71. The van der Waals surface area contributed by atoms with Crippen molar-refractivity contribution < 1.29 is 14.5 Å². The summed E-state index contributed by atoms with van der Waals surface area (Å²) in [6.45, 7) is -0.0259. The lowest BCUT2D eigenvalue weighted by molar-refractivity contribution is -0.633. The quantitative estimate of drug-likeness (QED) is 0.550. The van der Waals surface area contributed by atoms with Crippen molar-refractivity contribution in [1.82, 2.24) is 0 Å². The Morgan fingerprint density at radius 1 is 0.944 bits per heavy atom. The SMILES string of the molecule is O=C(O)C[n+]1c2ccccc2cc2ccccc21. The van der Waals surface area contributed by atoms with Crippen LogP contribution in [-0.4, -0.2) is 11.1 Å². The third-order valence-corrected chi connectivity index (χ3v) is 3.06. The molecule has 0 aliphatic rings. The van der Waals surface area contributed by atoms with Gasteiger partial charge in [0, 0.05) is 22.9 Å². The summed E-state index contributed by atoms with van der Waals surface area (Å²) < 4.78 is 1.84. The van der Waals surface area contributed by atoms with Crippen LogP contribution in [0, 0.1) is 0 Å². The number of aliphatic carboxylic acids is 1. The number of rotatable bonds is 2. The van der Waals surface area contributed by atoms with Crippen LogP contribution in [0.2, 0.25) is 0 Å². The van der Waals surface area contributed by atoms with E-state index in [4.69, 9.17) is 5.11 Å². The van der Waals surface area contributed by atoms with Crippen molar-refractivity contribution in [3.05, 3.63) is 54.6 Å². The Balaban J connectivity index is 2.45. The van der Waals surface area contributed by atoms with Gasteiger partial charge in [-0.1, -0.05) is 24.3 Å². The lowest BCUT2D eigenvalue weighted by atomic mass is 10.1. The van der Waals surface area contributed by atoms with E-state index in [0.717, 1.165) is 21.8 Å². The van der Waals surface area contributed by atoms with Gasteiger partial charge in [0.15, 0.2) is 0 Å². The standard InChI is InChI=1S/C15H11NO2/c17-15(18)10-16-13-7-3-1-5-11(13)9-12-6-2-4-8-14(12)16/h1-9H,10H2/p+1. The number of fused-ring (bicyclic) bond motifs is 2. The van der Waals surface area contributed by atoms with Crippen molar-refractivity contribution in [2.45, 2.75) is 6.54 Å². The Hall–Kier alpha value is -2.42. The van der Waals surface area contributed by atoms with Gasteiger partial charge in [0.1, 0.15) is 0 Å². The molecular formula is C15H12NO2+. The predicted molar refractivity (Wildman–Crippen MR) is 69.3 cm³/mol. The number of hydrogen-bond acceptors (Lipinski definition) is 1. The molecule has 0 radical (unpaired) electrons. The van der Waals surface area contributed by atoms with Crippen LogP contribution < -0.4 is 4.57 Å². The molecule has 3 aromatic rings. The van der Waals surface area contributed by atoms with Gasteiger partial charge in [0.25, 0.3) is 0 Å². The Labute approximate surface area is 104 Å². The lowest BCUT2D eigenvalue weighted by Gasteiger charge is -2.03. The summed E-state index contributed by atoms with van der Waals surface area (Å²) in [6.07, 6.45) is 0. The summed E-state index contributed by atoms with van der Waals surface area (Å²) in [7, 11) is 0. The van der Waals surface area contributed by atoms with Crippen LogP contribution in [-0.2, 0) is 11.3 Å². The van der Waals surface area contributed by atoms with Crippen LogP contribution in [0.3, 0.4) is 0 Å². The summed E-state index contributed by atoms with van der Waals surface area (Å²) in [6, 6.07) is 17.8. The molecule has 0 amide bonds. The van der Waals surface area contributed by atoms with Crippen LogP contribution in [0.25, 0.3) is 21.8 Å². The van der Waals surface area contributed by atoms with Gasteiger partial charge in [-0.3, -0.25) is 0 Å². The fourth-order valence-corrected chi connectivity index (χ4v) is 2.31. The molecule has 0 bridgehead atoms. The van der Waals surface area contributed by atoms with E-state index in [1.807, 2.05) is 53.1 Å². The van der Waals surface area contributed by atoms with Crippen LogP contribution in [0.5, 0.6) is 0 Å². The van der Waals surface area contributed by atoms with E-state index in [1.54, 1.807) is 0 Å². The van der Waals surface area contributed by atoms with Crippen molar-refractivity contribution in [2.24, 2.45) is 0 Å². The molecule has 0 atom stereocenters. The van der Waals surface area contributed by atoms with Crippen LogP contribution in [0.1, 0.15) is 0 Å². The number of carbonyl (C=O) groups is 1. The van der Waals surface area contributed by atoms with E-state index < -0.39 is 5.97 Å². The van der Waals surface area contributed by atoms with Gasteiger partial charge in [0.05, 0.1) is 0 Å². The average molecular weight is 238 g/mol. The van der Waals surface area contributed by atoms with E-state index in [-0.39, 0.29) is 6.54 Å². The fourth-order valence-electron chi connectivity index (χ4n) is 2.31. The Kier molecular flexibility index (Phi) is 2.45. The van der Waals surface area contributed by atoms with Gasteiger partial charge in [-0.05, 0) is 18.2 Å². The molecule has 0 aliphatic carbocycles. The normalized spacial score (nSPS) is 10.9. The summed E-state index contributed by atoms with van der Waals surface area (Å²) in [5.41, 5.74) is 1.89. The van der Waals surface area contributed by atoms with Crippen molar-refractivity contribution in [2.75, 3.05) is 0 Å². The average Bonchev–Trinajstić information content (AvgIpc) is 2.38. The molecule has 18 heavy (non-hydrogen) atoms. The number of carboxylic acids is 1. The molecule has 1 N–H and O–H groups in total. The zero-order chi connectivity index (χ0) is 12.5. The fraction of sp³-hybridized carbons (Fsp3) is 0.0667. The van der Waals surface area contributed by atoms with Crippen LogP contribution in [0.4, 0.5) is 0 Å². The zero-order valence-electron chi connectivity index (χ0n) is 9.71. The second-order valence-electron chi connectivity index (χ2n) is 4.24. The highest BCUT2D eigenvalue weighted by Gasteiger charge is 2.17. The summed E-state index contributed by atoms with van der Waals surface area (Å²) in [4.78, 5) is 11.0. The summed E-state index contributed by atoms with van der Waals surface area (Å²) in [5.74, 6) is -0.832. The highest BCUT2D eigenvalue weighted by Crippen LogP contribution is 2.17. The first-order chi connectivity index (χ1) is 8.75. The minimum Gasteiger partial charge on any atom is -0.477 e. The van der Waals surface area contributed by atoms with Gasteiger partial charge in [-0.25, -0.2) is 4.79 Å². The molecule has 0 fully saturated rings. The molecule has 0 aliphatic heterocycles. The number of nitrogens with zero attached hydrogens (tertiary/aromatic N) is 1. The minimum atomic E-state index is -0.832. The van der Waals surface area contributed by atoms with Gasteiger partial charge < -0.3 is 5.11 Å². The van der Waals surface area contributed by atoms with Crippen molar-refractivity contribution in [3.8, 4) is 0 Å². The van der Waals surface area contributed by atoms with E-state index in [2.05, 4.69) is 6.07 Å². The molecule has 3 nitrogen and oxygen atoms in total. The summed E-state index contributed by atoms with van der Waals surface area (Å²) >= 11 is 0. The maximum absolute atomic E-state index is 11.0. The van der Waals surface area contributed by atoms with E-state index in [9.17, 15) is 4.79 Å². The number of aromatic nitrogens is 1. The Bertz CT molecular complexity index is 696. The molecule has 2 aromatic carbocycles. The molecule has 3 rings (SSSR count). The van der Waals surface area contributed by atoms with E-state index >= 15 is 0 Å². The molecule has 88 valence electrons. The molecular weight excluding hydrogens is 226 g/mol. The first-order valence-corrected chi connectivity index (χ1v) is 5.78. The van der Waals surface area contributed by atoms with Crippen LogP contribution in [0.15, 0.2) is 54.6 Å². The molecule has 0 saturated heterocycles. The maximum atomic E-state index is 11.0. The van der Waals surface area contributed by atoms with Gasteiger partial charge in [0.2, 0.25) is 17.6 Å². The highest BCUT2D eigenvalue weighted by atomic mass is 16.4. The van der Waals surface area contributed by atoms with Crippen molar-refractivity contribution in [1.29, 1.82) is 0 Å². The number of pyridine rings is 1. The first kappa shape index (κ1) is 10.7. The second kappa shape index (κ2) is 4.11. The highest BCUT2D eigenvalue weighted by molar-refractivity contribution is 5.88.